The van der Waals surface area contributed by atoms with Crippen LogP contribution in [0.3, 0.4) is 0 Å². The van der Waals surface area contributed by atoms with Gasteiger partial charge >= 0.3 is 11.9 Å². The number of hydrogen-bond acceptors (Lipinski definition) is 8. The molecule has 3 atom stereocenters. The summed E-state index contributed by atoms with van der Waals surface area (Å²) in [6, 6.07) is 20.4. The van der Waals surface area contributed by atoms with Gasteiger partial charge in [0.05, 0.1) is 23.5 Å². The molecule has 220 valence electrons. The highest BCUT2D eigenvalue weighted by Crippen LogP contribution is 2.50. The van der Waals surface area contributed by atoms with Gasteiger partial charge in [0.1, 0.15) is 12.3 Å². The molecule has 0 saturated carbocycles. The number of carbonyl (C=O) groups excluding carboxylic acids is 4. The molecule has 43 heavy (non-hydrogen) atoms. The predicted octanol–water partition coefficient (Wildman–Crippen LogP) is 5.35. The fourth-order valence-electron chi connectivity index (χ4n) is 5.82. The smallest absolute Gasteiger partial charge is 0.355 e. The summed E-state index contributed by atoms with van der Waals surface area (Å²) in [5.74, 6) is -1.95. The van der Waals surface area contributed by atoms with Crippen molar-refractivity contribution in [2.45, 2.75) is 39.8 Å². The maximum atomic E-state index is 13.6. The van der Waals surface area contributed by atoms with Gasteiger partial charge in [-0.15, -0.1) is 0 Å². The number of hydrogen-bond donors (Lipinski definition) is 0. The molecule has 5 rings (SSSR count). The Morgan fingerprint density at radius 3 is 2.00 bits per heavy atom. The average Bonchev–Trinajstić information content (AvgIpc) is 3.27. The molecule has 0 N–H and O–H groups in total. The number of nitro groups is 1. The van der Waals surface area contributed by atoms with E-state index >= 15 is 0 Å². The largest absolute Gasteiger partial charge is 0.466 e. The van der Waals surface area contributed by atoms with Crippen LogP contribution >= 0.6 is 0 Å². The lowest BCUT2D eigenvalue weighted by Crippen LogP contribution is -2.60. The lowest BCUT2D eigenvalue weighted by Gasteiger charge is -2.45. The normalized spacial score (nSPS) is 19.0. The van der Waals surface area contributed by atoms with E-state index in [9.17, 15) is 29.3 Å². The van der Waals surface area contributed by atoms with Crippen LogP contribution in [-0.2, 0) is 30.5 Å². The summed E-state index contributed by atoms with van der Waals surface area (Å²) >= 11 is 0. The number of benzene rings is 3. The molecule has 0 unspecified atom stereocenters. The van der Waals surface area contributed by atoms with Crippen LogP contribution in [0.5, 0.6) is 0 Å². The van der Waals surface area contributed by atoms with E-state index in [4.69, 9.17) is 9.47 Å². The van der Waals surface area contributed by atoms with Crippen molar-refractivity contribution < 1.29 is 33.6 Å². The van der Waals surface area contributed by atoms with Crippen LogP contribution in [0, 0.1) is 22.0 Å². The van der Waals surface area contributed by atoms with E-state index in [1.165, 1.54) is 43.0 Å². The molecule has 0 aromatic heterocycles. The Balaban J connectivity index is 1.43. The number of carbonyl (C=O) groups is 4. The molecule has 0 bridgehead atoms. The first-order valence-electron chi connectivity index (χ1n) is 13.9. The summed E-state index contributed by atoms with van der Waals surface area (Å²) in [5, 5.41) is 11.0. The van der Waals surface area contributed by atoms with Gasteiger partial charge in [0.2, 0.25) is 5.91 Å². The van der Waals surface area contributed by atoms with Crippen molar-refractivity contribution in [3.63, 3.8) is 0 Å². The van der Waals surface area contributed by atoms with Gasteiger partial charge in [0, 0.05) is 30.5 Å². The minimum atomic E-state index is -0.668. The number of fused-ring (bicyclic) bond motifs is 1. The SMILES string of the molecule is CC(=O)OCC[C@@H]1C(=O)N2C(C(=O)OCc3ccc([N+](=O)[O-])cc3)=C(c3ccc(-c4ccc(C(C)=O)cc4)cc3)[C@H](C)[C@H]12. The molecule has 2 heterocycles. The Morgan fingerprint density at radius 1 is 0.860 bits per heavy atom. The highest BCUT2D eigenvalue weighted by Gasteiger charge is 2.58. The molecule has 1 saturated heterocycles. The fourth-order valence-corrected chi connectivity index (χ4v) is 5.82. The molecule has 1 amide bonds. The van der Waals surface area contributed by atoms with E-state index in [0.717, 1.165) is 16.7 Å². The van der Waals surface area contributed by atoms with E-state index < -0.39 is 22.8 Å². The molecule has 10 heteroatoms. The third kappa shape index (κ3) is 5.81. The van der Waals surface area contributed by atoms with Gasteiger partial charge in [0.25, 0.3) is 5.69 Å². The Bertz CT molecular complexity index is 1620. The van der Waals surface area contributed by atoms with Gasteiger partial charge in [-0.05, 0) is 53.3 Å². The quantitative estimate of drug-likeness (QED) is 0.103. The zero-order valence-corrected chi connectivity index (χ0v) is 23.9. The zero-order valence-electron chi connectivity index (χ0n) is 23.9. The molecule has 1 fully saturated rings. The number of nitro benzene ring substituents is 1. The number of nitrogens with zero attached hydrogens (tertiary/aromatic N) is 2. The molecule has 0 radical (unpaired) electrons. The third-order valence-corrected chi connectivity index (χ3v) is 7.99. The summed E-state index contributed by atoms with van der Waals surface area (Å²) in [5.41, 5.74) is 4.59. The molecule has 10 nitrogen and oxygen atoms in total. The van der Waals surface area contributed by atoms with Crippen molar-refractivity contribution in [1.29, 1.82) is 0 Å². The standard InChI is InChI=1S/C33H30N2O8/c1-19-29(26-12-10-25(11-13-26)24-8-6-23(7-9-24)20(2)36)31(34-30(19)28(32(34)38)16-17-42-21(3)37)33(39)43-18-22-4-14-27(15-5-22)35(40)41/h4-15,19,28,30H,16-18H2,1-3H3/t19-,28-,30+/m0/s1. The number of esters is 2. The van der Waals surface area contributed by atoms with Crippen molar-refractivity contribution in [1.82, 2.24) is 4.90 Å². The lowest BCUT2D eigenvalue weighted by atomic mass is 9.78. The van der Waals surface area contributed by atoms with Crippen LogP contribution in [0.25, 0.3) is 16.7 Å². The first-order chi connectivity index (χ1) is 20.6. The number of ketones is 1. The average molecular weight is 583 g/mol. The number of Topliss-reactive ketones (excluding diaryl/α,β-unsaturated/α-hetero) is 1. The van der Waals surface area contributed by atoms with E-state index in [1.54, 1.807) is 12.1 Å². The highest BCUT2D eigenvalue weighted by molar-refractivity contribution is 6.07. The van der Waals surface area contributed by atoms with Gasteiger partial charge in [-0.2, -0.15) is 0 Å². The number of ether oxygens (including phenoxy) is 2. The second-order valence-corrected chi connectivity index (χ2v) is 10.7. The molecule has 3 aromatic carbocycles. The molecule has 3 aromatic rings. The highest BCUT2D eigenvalue weighted by atomic mass is 16.6. The maximum Gasteiger partial charge on any atom is 0.355 e. The van der Waals surface area contributed by atoms with Crippen LogP contribution in [0.15, 0.2) is 78.5 Å². The van der Waals surface area contributed by atoms with Gasteiger partial charge < -0.3 is 14.4 Å². The van der Waals surface area contributed by atoms with E-state index in [0.29, 0.717) is 23.1 Å². The second-order valence-electron chi connectivity index (χ2n) is 10.7. The van der Waals surface area contributed by atoms with Crippen molar-refractivity contribution in [2.75, 3.05) is 6.61 Å². The zero-order chi connectivity index (χ0) is 30.8. The van der Waals surface area contributed by atoms with Crippen molar-refractivity contribution in [2.24, 2.45) is 11.8 Å². The number of β-lactam (4-membered cyclic amide) rings is 1. The Kier molecular flexibility index (Phi) is 8.20. The van der Waals surface area contributed by atoms with Crippen LogP contribution in [0.2, 0.25) is 0 Å². The number of non-ortho nitro benzene ring substituents is 1. The fraction of sp³-hybridized carbons (Fsp3) is 0.273. The van der Waals surface area contributed by atoms with Crippen LogP contribution in [0.4, 0.5) is 5.69 Å². The van der Waals surface area contributed by atoms with Crippen molar-refractivity contribution in [3.8, 4) is 11.1 Å². The minimum Gasteiger partial charge on any atom is -0.466 e. The van der Waals surface area contributed by atoms with E-state index in [-0.39, 0.29) is 48.2 Å². The van der Waals surface area contributed by atoms with E-state index in [1.807, 2.05) is 43.3 Å². The van der Waals surface area contributed by atoms with Gasteiger partial charge in [0.15, 0.2) is 5.78 Å². The van der Waals surface area contributed by atoms with Crippen LogP contribution < -0.4 is 0 Å². The Hall–Kier alpha value is -5.12. The summed E-state index contributed by atoms with van der Waals surface area (Å²) in [6.07, 6.45) is 0.345. The van der Waals surface area contributed by atoms with Gasteiger partial charge in [-0.25, -0.2) is 4.79 Å². The Labute approximate surface area is 248 Å². The van der Waals surface area contributed by atoms with Crippen LogP contribution in [-0.4, -0.2) is 46.1 Å². The first kappa shape index (κ1) is 29.4. The van der Waals surface area contributed by atoms with Gasteiger partial charge in [-0.3, -0.25) is 24.5 Å². The summed E-state index contributed by atoms with van der Waals surface area (Å²) < 4.78 is 10.7. The summed E-state index contributed by atoms with van der Waals surface area (Å²) in [7, 11) is 0. The summed E-state index contributed by atoms with van der Waals surface area (Å²) in [6.45, 7) is 4.77. The minimum absolute atomic E-state index is 0.0117. The maximum absolute atomic E-state index is 13.6. The number of rotatable bonds is 10. The first-order valence-corrected chi connectivity index (χ1v) is 13.9. The lowest BCUT2D eigenvalue weighted by molar-refractivity contribution is -0.384. The monoisotopic (exact) mass is 582 g/mol. The molecule has 2 aliphatic rings. The summed E-state index contributed by atoms with van der Waals surface area (Å²) in [4.78, 5) is 61.7. The molecular weight excluding hydrogens is 552 g/mol. The predicted molar refractivity (Wildman–Crippen MR) is 156 cm³/mol. The molecule has 0 aliphatic carbocycles. The van der Waals surface area contributed by atoms with Gasteiger partial charge in [-0.1, -0.05) is 55.5 Å². The molecular formula is C33H30N2O8. The van der Waals surface area contributed by atoms with Crippen molar-refractivity contribution >= 4 is 34.9 Å². The Morgan fingerprint density at radius 2 is 1.44 bits per heavy atom. The second kappa shape index (κ2) is 12.0. The van der Waals surface area contributed by atoms with Crippen molar-refractivity contribution in [3.05, 3.63) is 105 Å². The molecule has 0 spiro atoms. The van der Waals surface area contributed by atoms with E-state index in [2.05, 4.69) is 0 Å². The number of amides is 1. The topological polar surface area (TPSA) is 133 Å². The van der Waals surface area contributed by atoms with Crippen LogP contribution in [0.1, 0.15) is 48.7 Å². The third-order valence-electron chi connectivity index (χ3n) is 7.99. The molecule has 2 aliphatic heterocycles.